The lowest BCUT2D eigenvalue weighted by atomic mass is 9.85. The second-order valence-corrected chi connectivity index (χ2v) is 4.70. The topological polar surface area (TPSA) is 61.4 Å². The van der Waals surface area contributed by atoms with Crippen LogP contribution in [0.1, 0.15) is 32.1 Å². The molecule has 3 N–H and O–H groups in total. The van der Waals surface area contributed by atoms with Crippen molar-refractivity contribution in [3.05, 3.63) is 0 Å². The number of carbonyl (C=O) groups is 1. The molecule has 0 spiro atoms. The number of hydrogen-bond acceptors (Lipinski definition) is 3. The molecule has 0 saturated carbocycles. The van der Waals surface area contributed by atoms with Crippen LogP contribution in [0.3, 0.4) is 0 Å². The van der Waals surface area contributed by atoms with Crippen LogP contribution >= 0.6 is 0 Å². The Morgan fingerprint density at radius 2 is 2.07 bits per heavy atom. The zero-order valence-corrected chi connectivity index (χ0v) is 9.04. The van der Waals surface area contributed by atoms with Crippen molar-refractivity contribution in [2.24, 2.45) is 5.92 Å². The van der Waals surface area contributed by atoms with Crippen LogP contribution in [0.15, 0.2) is 0 Å². The fraction of sp³-hybridized carbons (Fsp3) is 0.909. The van der Waals surface area contributed by atoms with Crippen molar-refractivity contribution in [2.75, 3.05) is 13.1 Å². The molecule has 2 saturated heterocycles. The summed E-state index contributed by atoms with van der Waals surface area (Å²) in [6.45, 7) is 2.16. The maximum Gasteiger partial charge on any atom is 0.320 e. The van der Waals surface area contributed by atoms with E-state index in [1.54, 1.807) is 0 Å². The first-order valence-electron chi connectivity index (χ1n) is 5.97. The molecular weight excluding hydrogens is 192 g/mol. The molecule has 2 fully saturated rings. The largest absolute Gasteiger partial charge is 0.480 e. The third-order valence-corrected chi connectivity index (χ3v) is 3.63. The average Bonchev–Trinajstić information content (AvgIpc) is 2.30. The first-order chi connectivity index (χ1) is 7.27. The Morgan fingerprint density at radius 3 is 2.73 bits per heavy atom. The molecule has 2 aliphatic rings. The van der Waals surface area contributed by atoms with Crippen molar-refractivity contribution in [2.45, 2.75) is 44.2 Å². The molecule has 0 aliphatic carbocycles. The van der Waals surface area contributed by atoms with Gasteiger partial charge in [-0.1, -0.05) is 0 Å². The van der Waals surface area contributed by atoms with E-state index in [0.29, 0.717) is 12.0 Å². The third-order valence-electron chi connectivity index (χ3n) is 3.63. The number of rotatable bonds is 2. The van der Waals surface area contributed by atoms with Gasteiger partial charge in [0.15, 0.2) is 0 Å². The first kappa shape index (κ1) is 10.9. The highest BCUT2D eigenvalue weighted by molar-refractivity contribution is 5.73. The predicted octanol–water partition coefficient (Wildman–Crippen LogP) is 0.581. The van der Waals surface area contributed by atoms with E-state index < -0.39 is 5.97 Å². The molecule has 0 aromatic rings. The Kier molecular flexibility index (Phi) is 3.59. The Labute approximate surface area is 90.4 Å². The summed E-state index contributed by atoms with van der Waals surface area (Å²) >= 11 is 0. The summed E-state index contributed by atoms with van der Waals surface area (Å²) in [6, 6.07) is 0.0957. The van der Waals surface area contributed by atoms with Gasteiger partial charge < -0.3 is 15.7 Å². The molecule has 0 radical (unpaired) electrons. The highest BCUT2D eigenvalue weighted by Gasteiger charge is 2.31. The molecule has 0 aromatic carbocycles. The molecule has 0 amide bonds. The molecule has 86 valence electrons. The van der Waals surface area contributed by atoms with E-state index in [1.807, 2.05) is 0 Å². The molecule has 2 aliphatic heterocycles. The molecule has 0 bridgehead atoms. The molecular formula is C11H20N2O2. The van der Waals surface area contributed by atoms with E-state index in [4.69, 9.17) is 5.11 Å². The van der Waals surface area contributed by atoms with Gasteiger partial charge in [-0.05, 0) is 51.1 Å². The summed E-state index contributed by atoms with van der Waals surface area (Å²) in [5, 5.41) is 15.6. The molecule has 4 heteroatoms. The number of piperidine rings is 2. The summed E-state index contributed by atoms with van der Waals surface area (Å²) in [5.74, 6) is -0.0654. The summed E-state index contributed by atoms with van der Waals surface area (Å²) < 4.78 is 0. The molecule has 3 atom stereocenters. The predicted molar refractivity (Wildman–Crippen MR) is 57.8 cm³/mol. The van der Waals surface area contributed by atoms with Gasteiger partial charge in [-0.15, -0.1) is 0 Å². The Morgan fingerprint density at radius 1 is 1.20 bits per heavy atom. The summed E-state index contributed by atoms with van der Waals surface area (Å²) in [4.78, 5) is 10.9. The van der Waals surface area contributed by atoms with E-state index in [0.717, 1.165) is 32.4 Å². The maximum atomic E-state index is 10.9. The van der Waals surface area contributed by atoms with Crippen molar-refractivity contribution in [1.82, 2.24) is 10.6 Å². The Bertz CT molecular complexity index is 227. The smallest absolute Gasteiger partial charge is 0.320 e. The van der Waals surface area contributed by atoms with Crippen LogP contribution in [0.5, 0.6) is 0 Å². The van der Waals surface area contributed by atoms with E-state index in [-0.39, 0.29) is 6.04 Å². The maximum absolute atomic E-state index is 10.9. The van der Waals surface area contributed by atoms with Crippen LogP contribution in [0.4, 0.5) is 0 Å². The zero-order chi connectivity index (χ0) is 10.7. The molecule has 4 nitrogen and oxygen atoms in total. The van der Waals surface area contributed by atoms with Crippen molar-refractivity contribution >= 4 is 5.97 Å². The van der Waals surface area contributed by atoms with Gasteiger partial charge in [-0.2, -0.15) is 0 Å². The lowest BCUT2D eigenvalue weighted by Gasteiger charge is -2.36. The second-order valence-electron chi connectivity index (χ2n) is 4.70. The monoisotopic (exact) mass is 212 g/mol. The minimum atomic E-state index is -0.691. The van der Waals surface area contributed by atoms with Crippen molar-refractivity contribution in [3.63, 3.8) is 0 Å². The quantitative estimate of drug-likeness (QED) is 0.626. The zero-order valence-electron chi connectivity index (χ0n) is 9.04. The van der Waals surface area contributed by atoms with Gasteiger partial charge in [0.05, 0.1) is 0 Å². The lowest BCUT2D eigenvalue weighted by molar-refractivity contribution is -0.140. The number of carboxylic acid groups (broad SMARTS) is 1. The van der Waals surface area contributed by atoms with Crippen molar-refractivity contribution in [1.29, 1.82) is 0 Å². The molecule has 3 unspecified atom stereocenters. The number of hydrogen-bond donors (Lipinski definition) is 3. The minimum absolute atomic E-state index is 0.314. The van der Waals surface area contributed by atoms with Gasteiger partial charge in [0.25, 0.3) is 0 Å². The molecule has 15 heavy (non-hydrogen) atoms. The van der Waals surface area contributed by atoms with Gasteiger partial charge in [0.2, 0.25) is 0 Å². The summed E-state index contributed by atoms with van der Waals surface area (Å²) in [5.41, 5.74) is 0. The van der Waals surface area contributed by atoms with Gasteiger partial charge >= 0.3 is 5.97 Å². The van der Waals surface area contributed by atoms with Crippen LogP contribution < -0.4 is 10.6 Å². The van der Waals surface area contributed by atoms with Crippen LogP contribution in [0.2, 0.25) is 0 Å². The number of nitrogens with one attached hydrogen (secondary N) is 2. The lowest BCUT2D eigenvalue weighted by Crippen LogP contribution is -2.52. The van der Waals surface area contributed by atoms with Gasteiger partial charge in [-0.25, -0.2) is 0 Å². The highest BCUT2D eigenvalue weighted by Crippen LogP contribution is 2.23. The molecule has 2 heterocycles. The van der Waals surface area contributed by atoms with Crippen LogP contribution in [-0.4, -0.2) is 36.2 Å². The van der Waals surface area contributed by atoms with Crippen LogP contribution in [-0.2, 0) is 4.79 Å². The van der Waals surface area contributed by atoms with Crippen molar-refractivity contribution in [3.8, 4) is 0 Å². The third kappa shape index (κ3) is 2.69. The second kappa shape index (κ2) is 4.94. The van der Waals surface area contributed by atoms with Gasteiger partial charge in [-0.3, -0.25) is 4.79 Å². The van der Waals surface area contributed by atoms with Gasteiger partial charge in [0.1, 0.15) is 6.04 Å². The summed E-state index contributed by atoms with van der Waals surface area (Å²) in [6.07, 6.45) is 5.42. The van der Waals surface area contributed by atoms with E-state index in [2.05, 4.69) is 10.6 Å². The average molecular weight is 212 g/mol. The van der Waals surface area contributed by atoms with E-state index >= 15 is 0 Å². The normalized spacial score (nSPS) is 37.5. The standard InChI is InChI=1S/C11H20N2O2/c14-11(15)10-5-1-4-9(13-10)8-3-2-6-12-7-8/h8-10,12-13H,1-7H2,(H,14,15). The van der Waals surface area contributed by atoms with Crippen LogP contribution in [0, 0.1) is 5.92 Å². The molecule has 0 aromatic heterocycles. The fourth-order valence-electron chi connectivity index (χ4n) is 2.76. The summed E-state index contributed by atoms with van der Waals surface area (Å²) in [7, 11) is 0. The Balaban J connectivity index is 1.88. The number of carboxylic acids is 1. The SMILES string of the molecule is O=C(O)C1CCCC(C2CCCNC2)N1. The first-order valence-corrected chi connectivity index (χ1v) is 5.97. The highest BCUT2D eigenvalue weighted by atomic mass is 16.4. The van der Waals surface area contributed by atoms with Crippen molar-refractivity contribution < 1.29 is 9.90 Å². The van der Waals surface area contributed by atoms with E-state index in [9.17, 15) is 4.79 Å². The minimum Gasteiger partial charge on any atom is -0.480 e. The van der Waals surface area contributed by atoms with E-state index in [1.165, 1.54) is 12.8 Å². The van der Waals surface area contributed by atoms with Gasteiger partial charge in [0, 0.05) is 6.04 Å². The number of aliphatic carboxylic acids is 1. The fourth-order valence-corrected chi connectivity index (χ4v) is 2.76. The molecule has 2 rings (SSSR count). The van der Waals surface area contributed by atoms with Crippen LogP contribution in [0.25, 0.3) is 0 Å². The Hall–Kier alpha value is -0.610.